The Labute approximate surface area is 109 Å². The topological polar surface area (TPSA) is 18.5 Å². The summed E-state index contributed by atoms with van der Waals surface area (Å²) >= 11 is 0. The lowest BCUT2D eigenvalue weighted by Crippen LogP contribution is -2.08. The number of methoxy groups -OCH3 is 2. The van der Waals surface area contributed by atoms with Crippen molar-refractivity contribution >= 4 is 5.57 Å². The van der Waals surface area contributed by atoms with E-state index >= 15 is 0 Å². The van der Waals surface area contributed by atoms with Crippen molar-refractivity contribution in [3.8, 4) is 11.5 Å². The van der Waals surface area contributed by atoms with E-state index in [1.165, 1.54) is 16.7 Å². The molecule has 0 saturated heterocycles. The minimum absolute atomic E-state index is 0.438. The molecular formula is C16H20O2. The van der Waals surface area contributed by atoms with Gasteiger partial charge in [-0.3, -0.25) is 0 Å². The van der Waals surface area contributed by atoms with E-state index in [9.17, 15) is 0 Å². The highest BCUT2D eigenvalue weighted by Gasteiger charge is 2.25. The monoisotopic (exact) mass is 244 g/mol. The maximum atomic E-state index is 5.59. The van der Waals surface area contributed by atoms with E-state index in [0.29, 0.717) is 5.92 Å². The average molecular weight is 244 g/mol. The summed E-state index contributed by atoms with van der Waals surface area (Å²) < 4.78 is 11.1. The maximum absolute atomic E-state index is 5.59. The predicted molar refractivity (Wildman–Crippen MR) is 75.5 cm³/mol. The van der Waals surface area contributed by atoms with Crippen LogP contribution in [0.5, 0.6) is 11.5 Å². The first-order valence-corrected chi connectivity index (χ1v) is 6.22. The minimum Gasteiger partial charge on any atom is -0.493 e. The Hall–Kier alpha value is -1.70. The van der Waals surface area contributed by atoms with Gasteiger partial charge in [-0.2, -0.15) is 0 Å². The number of ether oxygens (including phenoxy) is 2. The van der Waals surface area contributed by atoms with Crippen molar-refractivity contribution in [2.75, 3.05) is 14.2 Å². The summed E-state index contributed by atoms with van der Waals surface area (Å²) in [7, 11) is 3.39. The van der Waals surface area contributed by atoms with E-state index in [0.717, 1.165) is 23.5 Å². The fraction of sp³-hybridized carbons (Fsp3) is 0.375. The lowest BCUT2D eigenvalue weighted by molar-refractivity contribution is 0.347. The summed E-state index contributed by atoms with van der Waals surface area (Å²) in [5.41, 5.74) is 4.73. The lowest BCUT2D eigenvalue weighted by Gasteiger charge is -2.26. The molecular weight excluding hydrogens is 224 g/mol. The van der Waals surface area contributed by atoms with Crippen LogP contribution in [0.4, 0.5) is 0 Å². The maximum Gasteiger partial charge on any atom is 0.165 e. The summed E-state index contributed by atoms with van der Waals surface area (Å²) in [6.45, 7) is 8.15. The Morgan fingerprint density at radius 2 is 1.94 bits per heavy atom. The van der Waals surface area contributed by atoms with E-state index in [-0.39, 0.29) is 0 Å². The van der Waals surface area contributed by atoms with Gasteiger partial charge in [0.25, 0.3) is 0 Å². The Morgan fingerprint density at radius 1 is 1.28 bits per heavy atom. The van der Waals surface area contributed by atoms with Crippen LogP contribution in [-0.4, -0.2) is 14.2 Å². The molecule has 1 atom stereocenters. The van der Waals surface area contributed by atoms with Gasteiger partial charge >= 0.3 is 0 Å². The Morgan fingerprint density at radius 3 is 2.50 bits per heavy atom. The van der Waals surface area contributed by atoms with Gasteiger partial charge in [-0.15, -0.1) is 0 Å². The van der Waals surface area contributed by atoms with Crippen LogP contribution in [0, 0.1) is 6.92 Å². The molecule has 0 saturated carbocycles. The summed E-state index contributed by atoms with van der Waals surface area (Å²) in [5, 5.41) is 0. The van der Waals surface area contributed by atoms with Crippen molar-refractivity contribution < 1.29 is 9.47 Å². The van der Waals surface area contributed by atoms with Crippen molar-refractivity contribution in [3.63, 3.8) is 0 Å². The number of aryl methyl sites for hydroxylation is 1. The summed E-state index contributed by atoms with van der Waals surface area (Å²) in [6.07, 6.45) is 5.17. The molecule has 96 valence electrons. The Balaban J connectivity index is 2.77. The fourth-order valence-electron chi connectivity index (χ4n) is 2.69. The largest absolute Gasteiger partial charge is 0.493 e. The predicted octanol–water partition coefficient (Wildman–Crippen LogP) is 4.09. The summed E-state index contributed by atoms with van der Waals surface area (Å²) in [4.78, 5) is 0. The molecule has 0 fully saturated rings. The first-order valence-electron chi connectivity index (χ1n) is 6.22. The van der Waals surface area contributed by atoms with Gasteiger partial charge in [0, 0.05) is 5.56 Å². The summed E-state index contributed by atoms with van der Waals surface area (Å²) in [6, 6.07) is 2.17. The highest BCUT2D eigenvalue weighted by Crippen LogP contribution is 2.46. The standard InChI is InChI=1S/C16H20O2/c1-6-12-8-7-10(2)14-13(12)9-11(3)15(17-4)16(14)18-5/h6,8-10H,1,7H2,2-5H3/t10-/m0/s1. The van der Waals surface area contributed by atoms with E-state index in [2.05, 4.69) is 25.6 Å². The van der Waals surface area contributed by atoms with E-state index in [1.54, 1.807) is 14.2 Å². The summed E-state index contributed by atoms with van der Waals surface area (Å²) in [5.74, 6) is 2.15. The first kappa shape index (κ1) is 12.7. The number of rotatable bonds is 3. The molecule has 0 bridgehead atoms. The van der Waals surface area contributed by atoms with Gasteiger partial charge in [0.1, 0.15) is 0 Å². The Kier molecular flexibility index (Phi) is 3.46. The van der Waals surface area contributed by atoms with Crippen LogP contribution in [-0.2, 0) is 0 Å². The normalized spacial score (nSPS) is 17.8. The van der Waals surface area contributed by atoms with E-state index in [1.807, 2.05) is 13.0 Å². The molecule has 1 aromatic carbocycles. The second kappa shape index (κ2) is 4.89. The van der Waals surface area contributed by atoms with Gasteiger partial charge in [0.2, 0.25) is 0 Å². The molecule has 0 spiro atoms. The van der Waals surface area contributed by atoms with Crippen LogP contribution in [0.2, 0.25) is 0 Å². The molecule has 1 aromatic rings. The third-order valence-electron chi connectivity index (χ3n) is 3.58. The number of benzene rings is 1. The highest BCUT2D eigenvalue weighted by atomic mass is 16.5. The van der Waals surface area contributed by atoms with Crippen LogP contribution >= 0.6 is 0 Å². The molecule has 1 aliphatic carbocycles. The SMILES string of the molecule is C=CC1=CC[C@H](C)c2c1cc(C)c(OC)c2OC. The minimum atomic E-state index is 0.438. The molecule has 2 heteroatoms. The molecule has 0 N–H and O–H groups in total. The third-order valence-corrected chi connectivity index (χ3v) is 3.58. The molecule has 0 aromatic heterocycles. The zero-order chi connectivity index (χ0) is 13.3. The van der Waals surface area contributed by atoms with Crippen molar-refractivity contribution in [1.82, 2.24) is 0 Å². The van der Waals surface area contributed by atoms with Gasteiger partial charge in [0.15, 0.2) is 11.5 Å². The van der Waals surface area contributed by atoms with Crippen LogP contribution in [0.15, 0.2) is 24.8 Å². The molecule has 0 aliphatic heterocycles. The number of hydrogen-bond donors (Lipinski definition) is 0. The fourth-order valence-corrected chi connectivity index (χ4v) is 2.69. The molecule has 2 nitrogen and oxygen atoms in total. The average Bonchev–Trinajstić information content (AvgIpc) is 2.37. The number of allylic oxidation sites excluding steroid dienone is 3. The van der Waals surface area contributed by atoms with Gasteiger partial charge in [-0.25, -0.2) is 0 Å². The molecule has 0 amide bonds. The van der Waals surface area contributed by atoms with Crippen molar-refractivity contribution in [3.05, 3.63) is 41.5 Å². The third kappa shape index (κ3) is 1.82. The number of hydrogen-bond acceptors (Lipinski definition) is 2. The zero-order valence-corrected chi connectivity index (χ0v) is 11.5. The van der Waals surface area contributed by atoms with Crippen molar-refractivity contribution in [1.29, 1.82) is 0 Å². The van der Waals surface area contributed by atoms with Gasteiger partial charge < -0.3 is 9.47 Å². The van der Waals surface area contributed by atoms with Gasteiger partial charge in [0.05, 0.1) is 14.2 Å². The van der Waals surface area contributed by atoms with Crippen molar-refractivity contribution in [2.24, 2.45) is 0 Å². The molecule has 1 aliphatic rings. The van der Waals surface area contributed by atoms with Crippen LogP contribution in [0.3, 0.4) is 0 Å². The van der Waals surface area contributed by atoms with Crippen LogP contribution < -0.4 is 9.47 Å². The van der Waals surface area contributed by atoms with Crippen molar-refractivity contribution in [2.45, 2.75) is 26.2 Å². The first-order chi connectivity index (χ1) is 8.63. The van der Waals surface area contributed by atoms with Gasteiger partial charge in [-0.05, 0) is 42.0 Å². The molecule has 2 rings (SSSR count). The second-order valence-corrected chi connectivity index (χ2v) is 4.72. The molecule has 0 heterocycles. The zero-order valence-electron chi connectivity index (χ0n) is 11.5. The van der Waals surface area contributed by atoms with Gasteiger partial charge in [-0.1, -0.05) is 25.7 Å². The molecule has 18 heavy (non-hydrogen) atoms. The smallest absolute Gasteiger partial charge is 0.165 e. The highest BCUT2D eigenvalue weighted by molar-refractivity contribution is 5.81. The quantitative estimate of drug-likeness (QED) is 0.797. The van der Waals surface area contributed by atoms with E-state index < -0.39 is 0 Å². The van der Waals surface area contributed by atoms with Crippen LogP contribution in [0.1, 0.15) is 36.0 Å². The second-order valence-electron chi connectivity index (χ2n) is 4.72. The Bertz CT molecular complexity index is 512. The molecule has 0 unspecified atom stereocenters. The van der Waals surface area contributed by atoms with E-state index in [4.69, 9.17) is 9.47 Å². The molecule has 0 radical (unpaired) electrons. The lowest BCUT2D eigenvalue weighted by atomic mass is 9.82. The number of fused-ring (bicyclic) bond motifs is 1. The van der Waals surface area contributed by atoms with Crippen LogP contribution in [0.25, 0.3) is 5.57 Å².